The number of nitrogens with zero attached hydrogens (tertiary/aromatic N) is 2. The van der Waals surface area contributed by atoms with Crippen molar-refractivity contribution in [3.05, 3.63) is 0 Å². The largest absolute Gasteiger partial charge is 0.341 e. The third-order valence-corrected chi connectivity index (χ3v) is 4.18. The number of carbonyl (C=O) groups excluding carboxylic acids is 3. The third kappa shape index (κ3) is 3.29. The Bertz CT molecular complexity index is 401. The van der Waals surface area contributed by atoms with Crippen molar-refractivity contribution in [2.45, 2.75) is 39.7 Å². The first-order chi connectivity index (χ1) is 8.78. The molecular weight excluding hydrogens is 264 g/mol. The monoisotopic (exact) mass is 284 g/mol. The van der Waals surface area contributed by atoms with E-state index in [4.69, 9.17) is 0 Å². The second kappa shape index (κ2) is 5.15. The lowest BCUT2D eigenvalue weighted by Gasteiger charge is -2.24. The Morgan fingerprint density at radius 1 is 1.37 bits per heavy atom. The lowest BCUT2D eigenvalue weighted by molar-refractivity contribution is -0.133. The Hall–Kier alpha value is -1.04. The van der Waals surface area contributed by atoms with Crippen molar-refractivity contribution < 1.29 is 14.4 Å². The van der Waals surface area contributed by atoms with Gasteiger partial charge in [0.15, 0.2) is 0 Å². The minimum absolute atomic E-state index is 0.0374. The molecule has 106 valence electrons. The van der Waals surface area contributed by atoms with E-state index < -0.39 is 0 Å². The van der Waals surface area contributed by atoms with Gasteiger partial charge >= 0.3 is 0 Å². The molecule has 0 aromatic rings. The van der Waals surface area contributed by atoms with E-state index in [0.29, 0.717) is 25.9 Å². The van der Waals surface area contributed by atoms with Gasteiger partial charge in [0, 0.05) is 19.5 Å². The van der Waals surface area contributed by atoms with Crippen LogP contribution in [0.3, 0.4) is 0 Å². The van der Waals surface area contributed by atoms with Crippen LogP contribution >= 0.6 is 11.8 Å². The highest BCUT2D eigenvalue weighted by Gasteiger charge is 2.40. The van der Waals surface area contributed by atoms with E-state index in [-0.39, 0.29) is 34.3 Å². The lowest BCUT2D eigenvalue weighted by Crippen LogP contribution is -2.42. The predicted molar refractivity (Wildman–Crippen MR) is 73.8 cm³/mol. The van der Waals surface area contributed by atoms with Crippen molar-refractivity contribution in [2.24, 2.45) is 5.41 Å². The molecule has 2 heterocycles. The van der Waals surface area contributed by atoms with Gasteiger partial charge in [-0.1, -0.05) is 32.5 Å². The molecular formula is C13H20N2O3S. The predicted octanol–water partition coefficient (Wildman–Crippen LogP) is 1.72. The third-order valence-electron chi connectivity index (χ3n) is 3.35. The molecule has 5 nitrogen and oxygen atoms in total. The van der Waals surface area contributed by atoms with Crippen LogP contribution in [0.25, 0.3) is 0 Å². The summed E-state index contributed by atoms with van der Waals surface area (Å²) in [6, 6.07) is -0.126. The summed E-state index contributed by atoms with van der Waals surface area (Å²) in [6.07, 6.45) is 1.20. The molecule has 2 fully saturated rings. The number of imide groups is 1. The molecule has 2 aliphatic rings. The van der Waals surface area contributed by atoms with Crippen molar-refractivity contribution in [2.75, 3.05) is 18.8 Å². The molecule has 6 heteroatoms. The molecule has 0 radical (unpaired) electrons. The molecule has 0 bridgehead atoms. The van der Waals surface area contributed by atoms with Crippen LogP contribution in [0.5, 0.6) is 0 Å². The maximum Gasteiger partial charge on any atom is 0.289 e. The smallest absolute Gasteiger partial charge is 0.289 e. The zero-order valence-electron chi connectivity index (χ0n) is 11.6. The van der Waals surface area contributed by atoms with Gasteiger partial charge in [0.1, 0.15) is 0 Å². The molecule has 19 heavy (non-hydrogen) atoms. The standard InChI is InChI=1S/C13H20N2O3S/c1-13(2,3)6-10(16)14-5-4-9(7-14)15-11(17)8-19-12(15)18/h9H,4-8H2,1-3H3. The van der Waals surface area contributed by atoms with Crippen molar-refractivity contribution in [3.63, 3.8) is 0 Å². The summed E-state index contributed by atoms with van der Waals surface area (Å²) in [7, 11) is 0. The molecule has 3 amide bonds. The number of thioether (sulfide) groups is 1. The molecule has 0 aromatic carbocycles. The van der Waals surface area contributed by atoms with Gasteiger partial charge in [-0.15, -0.1) is 0 Å². The summed E-state index contributed by atoms with van der Waals surface area (Å²) in [5, 5.41) is -0.167. The van der Waals surface area contributed by atoms with E-state index in [2.05, 4.69) is 0 Å². The molecule has 1 atom stereocenters. The summed E-state index contributed by atoms with van der Waals surface area (Å²) in [6.45, 7) is 7.22. The SMILES string of the molecule is CC(C)(C)CC(=O)N1CCC(N2C(=O)CSC2=O)C1. The Morgan fingerprint density at radius 3 is 2.58 bits per heavy atom. The van der Waals surface area contributed by atoms with Crippen LogP contribution in [0.4, 0.5) is 4.79 Å². The van der Waals surface area contributed by atoms with Crippen LogP contribution in [0.1, 0.15) is 33.6 Å². The molecule has 0 aromatic heterocycles. The normalized spacial score (nSPS) is 24.5. The number of amides is 3. The summed E-state index contributed by atoms with van der Waals surface area (Å²) < 4.78 is 0. The second-order valence-electron chi connectivity index (χ2n) is 6.34. The molecule has 0 saturated carbocycles. The summed E-state index contributed by atoms with van der Waals surface area (Å²) in [5.41, 5.74) is -0.0374. The fraction of sp³-hybridized carbons (Fsp3) is 0.769. The molecule has 0 aliphatic carbocycles. The molecule has 0 N–H and O–H groups in total. The Kier molecular flexibility index (Phi) is 3.90. The van der Waals surface area contributed by atoms with Gasteiger partial charge in [0.2, 0.25) is 11.8 Å². The molecule has 2 saturated heterocycles. The van der Waals surface area contributed by atoms with Gasteiger partial charge in [0.25, 0.3) is 5.24 Å². The first-order valence-corrected chi connectivity index (χ1v) is 7.53. The second-order valence-corrected chi connectivity index (χ2v) is 7.26. The minimum atomic E-state index is -0.167. The summed E-state index contributed by atoms with van der Waals surface area (Å²) in [5.74, 6) is 0.234. The number of hydrogen-bond donors (Lipinski definition) is 0. The molecule has 2 aliphatic heterocycles. The topological polar surface area (TPSA) is 57.7 Å². The zero-order chi connectivity index (χ0) is 14.2. The van der Waals surface area contributed by atoms with E-state index in [1.165, 1.54) is 4.90 Å². The fourth-order valence-electron chi connectivity index (χ4n) is 2.46. The van der Waals surface area contributed by atoms with Gasteiger partial charge in [0.05, 0.1) is 11.8 Å². The fourth-order valence-corrected chi connectivity index (χ4v) is 3.24. The lowest BCUT2D eigenvalue weighted by atomic mass is 9.92. The number of hydrogen-bond acceptors (Lipinski definition) is 4. The Morgan fingerprint density at radius 2 is 2.05 bits per heavy atom. The maximum absolute atomic E-state index is 12.1. The van der Waals surface area contributed by atoms with Crippen molar-refractivity contribution in [1.29, 1.82) is 0 Å². The Labute approximate surface area is 117 Å². The number of carbonyl (C=O) groups is 3. The summed E-state index contributed by atoms with van der Waals surface area (Å²) in [4.78, 5) is 38.5. The first-order valence-electron chi connectivity index (χ1n) is 6.54. The summed E-state index contributed by atoms with van der Waals surface area (Å²) >= 11 is 1.05. The highest BCUT2D eigenvalue weighted by atomic mass is 32.2. The van der Waals surface area contributed by atoms with Crippen LogP contribution < -0.4 is 0 Å². The van der Waals surface area contributed by atoms with Crippen molar-refractivity contribution >= 4 is 28.8 Å². The van der Waals surface area contributed by atoms with Gasteiger partial charge in [-0.2, -0.15) is 0 Å². The molecule has 2 rings (SSSR count). The van der Waals surface area contributed by atoms with Gasteiger partial charge < -0.3 is 4.90 Å². The van der Waals surface area contributed by atoms with E-state index in [1.54, 1.807) is 4.90 Å². The van der Waals surface area contributed by atoms with Crippen molar-refractivity contribution in [1.82, 2.24) is 9.80 Å². The minimum Gasteiger partial charge on any atom is -0.341 e. The van der Waals surface area contributed by atoms with Crippen LogP contribution in [0, 0.1) is 5.41 Å². The zero-order valence-corrected chi connectivity index (χ0v) is 12.5. The Balaban J connectivity index is 1.95. The maximum atomic E-state index is 12.1. The highest BCUT2D eigenvalue weighted by molar-refractivity contribution is 8.14. The molecule has 1 unspecified atom stereocenters. The van der Waals surface area contributed by atoms with Crippen LogP contribution in [-0.2, 0) is 9.59 Å². The first kappa shape index (κ1) is 14.4. The van der Waals surface area contributed by atoms with Crippen LogP contribution in [0.15, 0.2) is 0 Å². The van der Waals surface area contributed by atoms with E-state index in [1.807, 2.05) is 20.8 Å². The average molecular weight is 284 g/mol. The van der Waals surface area contributed by atoms with Crippen LogP contribution in [-0.4, -0.2) is 51.7 Å². The highest BCUT2D eigenvalue weighted by Crippen LogP contribution is 2.27. The van der Waals surface area contributed by atoms with E-state index in [0.717, 1.165) is 11.8 Å². The van der Waals surface area contributed by atoms with E-state index >= 15 is 0 Å². The number of rotatable bonds is 2. The van der Waals surface area contributed by atoms with Crippen molar-refractivity contribution in [3.8, 4) is 0 Å². The quantitative estimate of drug-likeness (QED) is 0.774. The van der Waals surface area contributed by atoms with Gasteiger partial charge in [-0.3, -0.25) is 19.3 Å². The van der Waals surface area contributed by atoms with Gasteiger partial charge in [-0.25, -0.2) is 0 Å². The van der Waals surface area contributed by atoms with Gasteiger partial charge in [-0.05, 0) is 11.8 Å². The average Bonchev–Trinajstić information content (AvgIpc) is 2.83. The van der Waals surface area contributed by atoms with E-state index in [9.17, 15) is 14.4 Å². The molecule has 0 spiro atoms. The van der Waals surface area contributed by atoms with Crippen LogP contribution in [0.2, 0.25) is 0 Å². The number of likely N-dealkylation sites (tertiary alicyclic amines) is 1.